The Morgan fingerprint density at radius 3 is 2.28 bits per heavy atom. The van der Waals surface area contributed by atoms with Crippen molar-refractivity contribution in [2.75, 3.05) is 33.7 Å². The van der Waals surface area contributed by atoms with Crippen LogP contribution in [0.25, 0.3) is 0 Å². The standard InChI is InChI=1S/C14H31N3S/c1-7-17(12(2)11-16(5)6)10-8-9-14(3,4)13(15)18/h12H,7-11H2,1-6H3,(H2,15,18). The maximum atomic E-state index is 5.76. The molecule has 0 aliphatic rings. The van der Waals surface area contributed by atoms with Gasteiger partial charge in [-0.25, -0.2) is 0 Å². The van der Waals surface area contributed by atoms with E-state index in [9.17, 15) is 0 Å². The van der Waals surface area contributed by atoms with E-state index in [0.717, 1.165) is 32.5 Å². The first-order chi connectivity index (χ1) is 8.20. The van der Waals surface area contributed by atoms with E-state index in [0.29, 0.717) is 11.0 Å². The Balaban J connectivity index is 4.12. The van der Waals surface area contributed by atoms with Gasteiger partial charge in [-0.2, -0.15) is 0 Å². The molecule has 0 aliphatic carbocycles. The summed E-state index contributed by atoms with van der Waals surface area (Å²) in [5.74, 6) is 0. The molecule has 0 radical (unpaired) electrons. The average Bonchev–Trinajstić information content (AvgIpc) is 2.22. The van der Waals surface area contributed by atoms with E-state index in [2.05, 4.69) is 51.6 Å². The molecular weight excluding hydrogens is 242 g/mol. The molecule has 0 aliphatic heterocycles. The molecule has 2 N–H and O–H groups in total. The summed E-state index contributed by atoms with van der Waals surface area (Å²) in [6, 6.07) is 0.595. The lowest BCUT2D eigenvalue weighted by Crippen LogP contribution is -2.41. The van der Waals surface area contributed by atoms with Gasteiger partial charge in [-0.05, 0) is 47.0 Å². The molecule has 0 amide bonds. The fourth-order valence-electron chi connectivity index (χ4n) is 2.18. The average molecular weight is 273 g/mol. The molecule has 0 saturated heterocycles. The molecule has 0 spiro atoms. The molecule has 0 bridgehead atoms. The highest BCUT2D eigenvalue weighted by Crippen LogP contribution is 2.22. The minimum absolute atomic E-state index is 0.0144. The number of thiocarbonyl (C=S) groups is 1. The van der Waals surface area contributed by atoms with E-state index in [1.165, 1.54) is 0 Å². The second kappa shape index (κ2) is 8.08. The van der Waals surface area contributed by atoms with E-state index in [1.54, 1.807) is 0 Å². The Hall–Kier alpha value is -0.190. The van der Waals surface area contributed by atoms with E-state index in [-0.39, 0.29) is 5.41 Å². The lowest BCUT2D eigenvalue weighted by atomic mass is 9.88. The van der Waals surface area contributed by atoms with Gasteiger partial charge in [0.05, 0.1) is 4.99 Å². The highest BCUT2D eigenvalue weighted by Gasteiger charge is 2.21. The van der Waals surface area contributed by atoms with Crippen molar-refractivity contribution in [1.29, 1.82) is 0 Å². The first-order valence-electron chi connectivity index (χ1n) is 6.89. The summed E-state index contributed by atoms with van der Waals surface area (Å²) in [6.45, 7) is 12.1. The summed E-state index contributed by atoms with van der Waals surface area (Å²) < 4.78 is 0. The quantitative estimate of drug-likeness (QED) is 0.654. The van der Waals surface area contributed by atoms with E-state index in [1.807, 2.05) is 0 Å². The fraction of sp³-hybridized carbons (Fsp3) is 0.929. The number of hydrogen-bond donors (Lipinski definition) is 1. The third-order valence-electron chi connectivity index (χ3n) is 3.57. The second-order valence-corrected chi connectivity index (χ2v) is 6.53. The molecule has 0 aromatic rings. The molecule has 0 aromatic heterocycles. The molecule has 0 heterocycles. The summed E-state index contributed by atoms with van der Waals surface area (Å²) in [7, 11) is 4.25. The largest absolute Gasteiger partial charge is 0.393 e. The lowest BCUT2D eigenvalue weighted by Gasteiger charge is -2.31. The van der Waals surface area contributed by atoms with Crippen molar-refractivity contribution in [2.24, 2.45) is 11.1 Å². The van der Waals surface area contributed by atoms with E-state index < -0.39 is 0 Å². The molecule has 108 valence electrons. The van der Waals surface area contributed by atoms with Crippen molar-refractivity contribution >= 4 is 17.2 Å². The lowest BCUT2D eigenvalue weighted by molar-refractivity contribution is 0.175. The zero-order chi connectivity index (χ0) is 14.3. The monoisotopic (exact) mass is 273 g/mol. The predicted molar refractivity (Wildman–Crippen MR) is 85.1 cm³/mol. The number of rotatable bonds is 9. The summed E-state index contributed by atoms with van der Waals surface area (Å²) in [5.41, 5.74) is 5.74. The number of likely N-dealkylation sites (N-methyl/N-ethyl adjacent to an activating group) is 2. The van der Waals surface area contributed by atoms with Crippen molar-refractivity contribution in [3.8, 4) is 0 Å². The third-order valence-corrected chi connectivity index (χ3v) is 4.13. The van der Waals surface area contributed by atoms with Gasteiger partial charge in [-0.1, -0.05) is 33.0 Å². The fourth-order valence-corrected chi connectivity index (χ4v) is 2.28. The number of hydrogen-bond acceptors (Lipinski definition) is 3. The van der Waals surface area contributed by atoms with Gasteiger partial charge in [-0.3, -0.25) is 4.90 Å². The molecule has 1 atom stereocenters. The van der Waals surface area contributed by atoms with Crippen molar-refractivity contribution in [2.45, 2.75) is 46.6 Å². The third kappa shape index (κ3) is 6.66. The molecule has 18 heavy (non-hydrogen) atoms. The minimum atomic E-state index is -0.0144. The maximum Gasteiger partial charge on any atom is 0.0784 e. The Kier molecular flexibility index (Phi) is 7.99. The smallest absolute Gasteiger partial charge is 0.0784 e. The van der Waals surface area contributed by atoms with Crippen molar-refractivity contribution in [3.05, 3.63) is 0 Å². The summed E-state index contributed by atoms with van der Waals surface area (Å²) in [4.78, 5) is 5.40. The molecule has 0 aromatic carbocycles. The first kappa shape index (κ1) is 17.8. The Labute approximate surface area is 119 Å². The molecule has 0 rings (SSSR count). The van der Waals surface area contributed by atoms with Crippen LogP contribution in [0.2, 0.25) is 0 Å². The normalized spacial score (nSPS) is 14.2. The second-order valence-electron chi connectivity index (χ2n) is 6.09. The van der Waals surface area contributed by atoms with Gasteiger partial charge in [-0.15, -0.1) is 0 Å². The SMILES string of the molecule is CCN(CCCC(C)(C)C(N)=S)C(C)CN(C)C. The van der Waals surface area contributed by atoms with Crippen LogP contribution >= 0.6 is 12.2 Å². The topological polar surface area (TPSA) is 32.5 Å². The van der Waals surface area contributed by atoms with Crippen molar-refractivity contribution in [3.63, 3.8) is 0 Å². The van der Waals surface area contributed by atoms with Gasteiger partial charge >= 0.3 is 0 Å². The number of nitrogens with zero attached hydrogens (tertiary/aromatic N) is 2. The van der Waals surface area contributed by atoms with Gasteiger partial charge in [0.25, 0.3) is 0 Å². The molecule has 4 heteroatoms. The van der Waals surface area contributed by atoms with Crippen LogP contribution in [0.5, 0.6) is 0 Å². The molecule has 0 saturated carbocycles. The van der Waals surface area contributed by atoms with Crippen molar-refractivity contribution < 1.29 is 0 Å². The zero-order valence-electron chi connectivity index (χ0n) is 13.0. The molecule has 1 unspecified atom stereocenters. The van der Waals surface area contributed by atoms with Crippen LogP contribution < -0.4 is 5.73 Å². The molecule has 0 fully saturated rings. The highest BCUT2D eigenvalue weighted by atomic mass is 32.1. The minimum Gasteiger partial charge on any atom is -0.393 e. The summed E-state index contributed by atoms with van der Waals surface area (Å²) in [5, 5.41) is 0. The maximum absolute atomic E-state index is 5.76. The van der Waals surface area contributed by atoms with Crippen LogP contribution in [-0.4, -0.2) is 54.6 Å². The zero-order valence-corrected chi connectivity index (χ0v) is 13.8. The summed E-state index contributed by atoms with van der Waals surface area (Å²) >= 11 is 5.11. The van der Waals surface area contributed by atoms with Gasteiger partial charge in [0.15, 0.2) is 0 Å². The Morgan fingerprint density at radius 1 is 1.33 bits per heavy atom. The van der Waals surface area contributed by atoms with Gasteiger partial charge in [0.2, 0.25) is 0 Å². The van der Waals surface area contributed by atoms with Crippen LogP contribution in [0.1, 0.15) is 40.5 Å². The predicted octanol–water partition coefficient (Wildman–Crippen LogP) is 2.35. The molecule has 3 nitrogen and oxygen atoms in total. The Bertz CT molecular complexity index is 251. The van der Waals surface area contributed by atoms with Gasteiger partial charge in [0, 0.05) is 18.0 Å². The van der Waals surface area contributed by atoms with Crippen LogP contribution in [0.3, 0.4) is 0 Å². The first-order valence-corrected chi connectivity index (χ1v) is 7.30. The summed E-state index contributed by atoms with van der Waals surface area (Å²) in [6.07, 6.45) is 2.21. The van der Waals surface area contributed by atoms with Crippen LogP contribution in [0.4, 0.5) is 0 Å². The number of nitrogens with two attached hydrogens (primary N) is 1. The van der Waals surface area contributed by atoms with Crippen LogP contribution in [-0.2, 0) is 0 Å². The van der Waals surface area contributed by atoms with Crippen LogP contribution in [0.15, 0.2) is 0 Å². The Morgan fingerprint density at radius 2 is 1.89 bits per heavy atom. The van der Waals surface area contributed by atoms with Gasteiger partial charge in [0.1, 0.15) is 0 Å². The molecular formula is C14H31N3S. The van der Waals surface area contributed by atoms with E-state index >= 15 is 0 Å². The highest BCUT2D eigenvalue weighted by molar-refractivity contribution is 7.80. The van der Waals surface area contributed by atoms with Crippen molar-refractivity contribution in [1.82, 2.24) is 9.80 Å². The van der Waals surface area contributed by atoms with Crippen LogP contribution in [0, 0.1) is 5.41 Å². The van der Waals surface area contributed by atoms with E-state index in [4.69, 9.17) is 18.0 Å². The van der Waals surface area contributed by atoms with Gasteiger partial charge < -0.3 is 10.6 Å².